The van der Waals surface area contributed by atoms with Gasteiger partial charge in [0.2, 0.25) is 0 Å². The molecule has 21 heavy (non-hydrogen) atoms. The zero-order valence-electron chi connectivity index (χ0n) is 13.1. The minimum Gasteiger partial charge on any atom is -0.677 e. The van der Waals surface area contributed by atoms with Crippen molar-refractivity contribution in [3.05, 3.63) is 35.1 Å². The van der Waals surface area contributed by atoms with Gasteiger partial charge in [-0.15, -0.1) is 0 Å². The molecule has 1 rings (SSSR count). The molecule has 4 nitrogen and oxygen atoms in total. The zero-order valence-corrected chi connectivity index (χ0v) is 15.9. The Labute approximate surface area is 153 Å². The third kappa shape index (κ3) is 11.8. The SMILES string of the molecule is COc1cc(CO)ccc1C.N#CCCCCCC[NH-].[Y]. The molecule has 0 aliphatic carbocycles. The summed E-state index contributed by atoms with van der Waals surface area (Å²) < 4.78 is 5.08. The van der Waals surface area contributed by atoms with Crippen LogP contribution in [0.4, 0.5) is 0 Å². The van der Waals surface area contributed by atoms with Gasteiger partial charge >= 0.3 is 0 Å². The average molecular weight is 366 g/mol. The molecule has 0 saturated heterocycles. The van der Waals surface area contributed by atoms with E-state index in [1.807, 2.05) is 25.1 Å². The number of methoxy groups -OCH3 is 1. The molecule has 0 aliphatic rings. The van der Waals surface area contributed by atoms with Crippen molar-refractivity contribution in [2.75, 3.05) is 13.7 Å². The number of nitrogens with zero attached hydrogens (tertiary/aromatic N) is 1. The molecule has 0 aliphatic heterocycles. The first kappa shape index (κ1) is 22.8. The Balaban J connectivity index is 0. The predicted molar refractivity (Wildman–Crippen MR) is 81.5 cm³/mol. The molecule has 2 N–H and O–H groups in total. The van der Waals surface area contributed by atoms with E-state index in [1.54, 1.807) is 7.11 Å². The zero-order chi connectivity index (χ0) is 15.2. The smallest absolute Gasteiger partial charge is 0.122 e. The van der Waals surface area contributed by atoms with Crippen LogP contribution in [0.3, 0.4) is 0 Å². The van der Waals surface area contributed by atoms with Crippen molar-refractivity contribution in [3.8, 4) is 11.8 Å². The van der Waals surface area contributed by atoms with Gasteiger partial charge in [0.25, 0.3) is 0 Å². The number of aryl methyl sites for hydroxylation is 1. The molecular formula is C16H25N2O2Y-. The fourth-order valence-electron chi connectivity index (χ4n) is 1.65. The summed E-state index contributed by atoms with van der Waals surface area (Å²) in [6.07, 6.45) is 4.91. The first-order valence-corrected chi connectivity index (χ1v) is 6.95. The van der Waals surface area contributed by atoms with Gasteiger partial charge in [0, 0.05) is 39.1 Å². The van der Waals surface area contributed by atoms with Crippen molar-refractivity contribution in [2.45, 2.75) is 45.6 Å². The van der Waals surface area contributed by atoms with Crippen molar-refractivity contribution in [3.63, 3.8) is 0 Å². The van der Waals surface area contributed by atoms with Crippen LogP contribution in [0.1, 0.15) is 43.2 Å². The first-order chi connectivity index (χ1) is 9.69. The van der Waals surface area contributed by atoms with Crippen LogP contribution >= 0.6 is 0 Å². The molecule has 0 aromatic heterocycles. The van der Waals surface area contributed by atoms with E-state index in [9.17, 15) is 0 Å². The number of nitrogens with one attached hydrogen (secondary N) is 1. The Bertz CT molecular complexity index is 406. The van der Waals surface area contributed by atoms with E-state index in [4.69, 9.17) is 20.8 Å². The van der Waals surface area contributed by atoms with Crippen LogP contribution in [-0.4, -0.2) is 18.8 Å². The van der Waals surface area contributed by atoms with Crippen molar-refractivity contribution in [1.29, 1.82) is 5.26 Å². The third-order valence-corrected chi connectivity index (χ3v) is 2.87. The summed E-state index contributed by atoms with van der Waals surface area (Å²) >= 11 is 0. The van der Waals surface area contributed by atoms with E-state index < -0.39 is 0 Å². The summed E-state index contributed by atoms with van der Waals surface area (Å²) in [5.74, 6) is 0.830. The largest absolute Gasteiger partial charge is 0.677 e. The monoisotopic (exact) mass is 366 g/mol. The maximum atomic E-state index is 8.79. The summed E-state index contributed by atoms with van der Waals surface area (Å²) in [4.78, 5) is 0. The van der Waals surface area contributed by atoms with Gasteiger partial charge in [0.15, 0.2) is 0 Å². The number of hydrogen-bond donors (Lipinski definition) is 1. The number of rotatable bonds is 7. The second-order valence-electron chi connectivity index (χ2n) is 4.53. The fraction of sp³-hybridized carbons (Fsp3) is 0.562. The van der Waals surface area contributed by atoms with E-state index in [-0.39, 0.29) is 39.3 Å². The van der Waals surface area contributed by atoms with E-state index in [1.165, 1.54) is 0 Å². The van der Waals surface area contributed by atoms with Crippen LogP contribution in [0.15, 0.2) is 18.2 Å². The summed E-state index contributed by atoms with van der Waals surface area (Å²) in [6, 6.07) is 7.76. The van der Waals surface area contributed by atoms with Crippen molar-refractivity contribution >= 4 is 0 Å². The molecule has 0 amide bonds. The van der Waals surface area contributed by atoms with Crippen molar-refractivity contribution in [1.82, 2.24) is 0 Å². The van der Waals surface area contributed by atoms with Gasteiger partial charge < -0.3 is 15.6 Å². The maximum Gasteiger partial charge on any atom is 0.122 e. The number of unbranched alkanes of at least 4 members (excludes halogenated alkanes) is 4. The van der Waals surface area contributed by atoms with Crippen molar-refractivity contribution < 1.29 is 42.6 Å². The molecule has 1 aromatic carbocycles. The maximum absolute atomic E-state index is 8.79. The average Bonchev–Trinajstić information content (AvgIpc) is 2.48. The fourth-order valence-corrected chi connectivity index (χ4v) is 1.65. The van der Waals surface area contributed by atoms with E-state index in [0.29, 0.717) is 13.0 Å². The number of aliphatic hydroxyl groups is 1. The molecule has 0 unspecified atom stereocenters. The molecule has 1 radical (unpaired) electrons. The molecule has 115 valence electrons. The molecule has 5 heteroatoms. The van der Waals surface area contributed by atoms with Crippen molar-refractivity contribution in [2.24, 2.45) is 0 Å². The first-order valence-electron chi connectivity index (χ1n) is 6.95. The summed E-state index contributed by atoms with van der Waals surface area (Å²) in [5, 5.41) is 16.9. The van der Waals surface area contributed by atoms with E-state index in [0.717, 1.165) is 42.6 Å². The standard InChI is InChI=1S/C9H12O2.C7H13N2.Y/c1-7-3-4-8(6-10)5-9(7)11-2;8-6-4-2-1-3-5-7-9;/h3-5,10H,6H2,1-2H3;8H,1-6H2;/q;-1;. The Hall–Kier alpha value is -0.466. The van der Waals surface area contributed by atoms with Crippen LogP contribution in [-0.2, 0) is 39.3 Å². The Morgan fingerprint density at radius 3 is 2.43 bits per heavy atom. The van der Waals surface area contributed by atoms with Gasteiger partial charge in [-0.1, -0.05) is 31.4 Å². The van der Waals surface area contributed by atoms with E-state index >= 15 is 0 Å². The third-order valence-electron chi connectivity index (χ3n) is 2.87. The van der Waals surface area contributed by atoms with Crippen LogP contribution < -0.4 is 4.74 Å². The Morgan fingerprint density at radius 2 is 1.90 bits per heavy atom. The number of nitriles is 1. The van der Waals surface area contributed by atoms with E-state index in [2.05, 4.69) is 6.07 Å². The summed E-state index contributed by atoms with van der Waals surface area (Å²) in [5.41, 5.74) is 8.79. The quantitative estimate of drug-likeness (QED) is 0.741. The molecule has 0 atom stereocenters. The van der Waals surface area contributed by atoms with Crippen LogP contribution in [0.2, 0.25) is 0 Å². The Morgan fingerprint density at radius 1 is 1.24 bits per heavy atom. The normalized spacial score (nSPS) is 8.90. The minimum atomic E-state index is 0. The molecule has 0 spiro atoms. The molecule has 0 bridgehead atoms. The van der Waals surface area contributed by atoms with Gasteiger partial charge in [-0.05, 0) is 30.5 Å². The van der Waals surface area contributed by atoms with Gasteiger partial charge in [0.05, 0.1) is 19.8 Å². The number of hydrogen-bond acceptors (Lipinski definition) is 3. The number of aliphatic hydroxyl groups excluding tert-OH is 1. The van der Waals surface area contributed by atoms with Gasteiger partial charge in [-0.3, -0.25) is 0 Å². The topological polar surface area (TPSA) is 77.0 Å². The van der Waals surface area contributed by atoms with Gasteiger partial charge in [0.1, 0.15) is 5.75 Å². The molecular weight excluding hydrogens is 341 g/mol. The summed E-state index contributed by atoms with van der Waals surface area (Å²) in [7, 11) is 1.63. The second kappa shape index (κ2) is 15.9. The summed E-state index contributed by atoms with van der Waals surface area (Å²) in [6.45, 7) is 2.57. The van der Waals surface area contributed by atoms with Crippen LogP contribution in [0.5, 0.6) is 5.75 Å². The second-order valence-corrected chi connectivity index (χ2v) is 4.53. The molecule has 1 aromatic rings. The van der Waals surface area contributed by atoms with Crippen LogP contribution in [0, 0.1) is 18.3 Å². The predicted octanol–water partition coefficient (Wildman–Crippen LogP) is 4.01. The molecule has 0 fully saturated rings. The number of ether oxygens (including phenoxy) is 1. The Kier molecular flexibility index (Phi) is 17.3. The minimum absolute atomic E-state index is 0. The number of benzene rings is 1. The molecule has 0 saturated carbocycles. The van der Waals surface area contributed by atoms with Gasteiger partial charge in [-0.25, -0.2) is 0 Å². The molecule has 0 heterocycles. The van der Waals surface area contributed by atoms with Gasteiger partial charge in [-0.2, -0.15) is 11.8 Å². The van der Waals surface area contributed by atoms with Crippen LogP contribution in [0.25, 0.3) is 5.73 Å².